The maximum absolute atomic E-state index is 10.1. The summed E-state index contributed by atoms with van der Waals surface area (Å²) in [7, 11) is 0. The number of anilines is 2. The molecule has 5 nitrogen and oxygen atoms in total. The van der Waals surface area contributed by atoms with Crippen molar-refractivity contribution in [2.75, 3.05) is 23.7 Å². The van der Waals surface area contributed by atoms with Crippen LogP contribution in [-0.2, 0) is 0 Å². The van der Waals surface area contributed by atoms with E-state index in [4.69, 9.17) is 0 Å². The summed E-state index contributed by atoms with van der Waals surface area (Å²) in [6.07, 6.45) is 0.954. The van der Waals surface area contributed by atoms with Crippen LogP contribution >= 0.6 is 0 Å². The SMILES string of the molecule is CCNc1ncnc(NCC(O)c2ccccc2)c1C. The molecule has 1 aromatic carbocycles. The number of rotatable bonds is 6. The first-order chi connectivity index (χ1) is 9.72. The molecular weight excluding hydrogens is 252 g/mol. The minimum Gasteiger partial charge on any atom is -0.387 e. The third kappa shape index (κ3) is 3.45. The second kappa shape index (κ2) is 6.86. The molecule has 0 radical (unpaired) electrons. The van der Waals surface area contributed by atoms with Gasteiger partial charge >= 0.3 is 0 Å². The predicted molar refractivity (Wildman–Crippen MR) is 80.8 cm³/mol. The van der Waals surface area contributed by atoms with E-state index in [0.717, 1.165) is 29.3 Å². The molecule has 0 aliphatic carbocycles. The molecule has 0 saturated carbocycles. The summed E-state index contributed by atoms with van der Waals surface area (Å²) >= 11 is 0. The van der Waals surface area contributed by atoms with Gasteiger partial charge in [-0.1, -0.05) is 30.3 Å². The van der Waals surface area contributed by atoms with Gasteiger partial charge in [0, 0.05) is 18.7 Å². The number of hydrogen-bond donors (Lipinski definition) is 3. The molecule has 20 heavy (non-hydrogen) atoms. The first-order valence-corrected chi connectivity index (χ1v) is 6.74. The Morgan fingerprint density at radius 2 is 1.75 bits per heavy atom. The lowest BCUT2D eigenvalue weighted by Crippen LogP contribution is -2.14. The average molecular weight is 272 g/mol. The van der Waals surface area contributed by atoms with Crippen molar-refractivity contribution in [3.63, 3.8) is 0 Å². The molecule has 1 unspecified atom stereocenters. The molecule has 0 bridgehead atoms. The molecule has 0 saturated heterocycles. The van der Waals surface area contributed by atoms with Crippen LogP contribution in [-0.4, -0.2) is 28.2 Å². The normalized spacial score (nSPS) is 11.9. The fourth-order valence-electron chi connectivity index (χ4n) is 1.96. The van der Waals surface area contributed by atoms with Crippen LogP contribution in [0.4, 0.5) is 11.6 Å². The summed E-state index contributed by atoms with van der Waals surface area (Å²) in [6.45, 7) is 5.19. The molecule has 0 amide bonds. The molecule has 1 aromatic heterocycles. The van der Waals surface area contributed by atoms with Crippen molar-refractivity contribution in [2.24, 2.45) is 0 Å². The molecule has 106 valence electrons. The second-order valence-electron chi connectivity index (χ2n) is 4.53. The Morgan fingerprint density at radius 3 is 2.40 bits per heavy atom. The summed E-state index contributed by atoms with van der Waals surface area (Å²) in [5.74, 6) is 1.56. The summed E-state index contributed by atoms with van der Waals surface area (Å²) in [6, 6.07) is 9.57. The Morgan fingerprint density at radius 1 is 1.10 bits per heavy atom. The van der Waals surface area contributed by atoms with Crippen LogP contribution in [0.15, 0.2) is 36.7 Å². The van der Waals surface area contributed by atoms with Crippen LogP contribution < -0.4 is 10.6 Å². The van der Waals surface area contributed by atoms with Gasteiger partial charge in [0.2, 0.25) is 0 Å². The Labute approximate surface area is 119 Å². The summed E-state index contributed by atoms with van der Waals surface area (Å²) < 4.78 is 0. The number of hydrogen-bond acceptors (Lipinski definition) is 5. The highest BCUT2D eigenvalue weighted by atomic mass is 16.3. The van der Waals surface area contributed by atoms with E-state index in [1.54, 1.807) is 0 Å². The molecule has 1 heterocycles. The van der Waals surface area contributed by atoms with E-state index < -0.39 is 6.10 Å². The molecule has 3 N–H and O–H groups in total. The molecule has 1 atom stereocenters. The van der Waals surface area contributed by atoms with Gasteiger partial charge in [-0.05, 0) is 19.4 Å². The van der Waals surface area contributed by atoms with Gasteiger partial charge in [0.1, 0.15) is 18.0 Å². The zero-order valence-electron chi connectivity index (χ0n) is 11.8. The monoisotopic (exact) mass is 272 g/mol. The number of nitrogens with one attached hydrogen (secondary N) is 2. The standard InChI is InChI=1S/C15H20N4O/c1-3-16-14-11(2)15(19-10-18-14)17-9-13(20)12-7-5-4-6-8-12/h4-8,10,13,20H,3,9H2,1-2H3,(H2,16,17,18,19). The van der Waals surface area contributed by atoms with Crippen molar-refractivity contribution >= 4 is 11.6 Å². The molecule has 0 aliphatic rings. The van der Waals surface area contributed by atoms with Crippen molar-refractivity contribution in [3.05, 3.63) is 47.8 Å². The van der Waals surface area contributed by atoms with Gasteiger partial charge in [0.05, 0.1) is 6.10 Å². The summed E-state index contributed by atoms with van der Waals surface area (Å²) in [5.41, 5.74) is 1.84. The zero-order chi connectivity index (χ0) is 14.4. The lowest BCUT2D eigenvalue weighted by Gasteiger charge is -2.15. The number of benzene rings is 1. The number of nitrogens with zero attached hydrogens (tertiary/aromatic N) is 2. The van der Waals surface area contributed by atoms with Crippen LogP contribution in [0.25, 0.3) is 0 Å². The first kappa shape index (κ1) is 14.3. The largest absolute Gasteiger partial charge is 0.387 e. The van der Waals surface area contributed by atoms with Gasteiger partial charge in [-0.2, -0.15) is 0 Å². The van der Waals surface area contributed by atoms with Crippen LogP contribution in [0.1, 0.15) is 24.2 Å². The number of aliphatic hydroxyl groups is 1. The zero-order valence-corrected chi connectivity index (χ0v) is 11.8. The van der Waals surface area contributed by atoms with Gasteiger partial charge in [-0.3, -0.25) is 0 Å². The molecule has 0 fully saturated rings. The minimum absolute atomic E-state index is 0.410. The second-order valence-corrected chi connectivity index (χ2v) is 4.53. The number of aromatic nitrogens is 2. The smallest absolute Gasteiger partial charge is 0.134 e. The Bertz CT molecular complexity index is 545. The topological polar surface area (TPSA) is 70.1 Å². The Hall–Kier alpha value is -2.14. The van der Waals surface area contributed by atoms with E-state index in [2.05, 4.69) is 20.6 Å². The maximum Gasteiger partial charge on any atom is 0.134 e. The first-order valence-electron chi connectivity index (χ1n) is 6.74. The highest BCUT2D eigenvalue weighted by Gasteiger charge is 2.10. The maximum atomic E-state index is 10.1. The van der Waals surface area contributed by atoms with Gasteiger partial charge in [-0.25, -0.2) is 9.97 Å². The average Bonchev–Trinajstić information content (AvgIpc) is 2.49. The van der Waals surface area contributed by atoms with Crippen molar-refractivity contribution < 1.29 is 5.11 Å². The Balaban J connectivity index is 2.02. The summed E-state index contributed by atoms with van der Waals surface area (Å²) in [4.78, 5) is 8.40. The van der Waals surface area contributed by atoms with Gasteiger partial charge in [0.25, 0.3) is 0 Å². The lowest BCUT2D eigenvalue weighted by molar-refractivity contribution is 0.191. The van der Waals surface area contributed by atoms with E-state index in [1.165, 1.54) is 6.33 Å². The van der Waals surface area contributed by atoms with Crippen molar-refractivity contribution in [1.82, 2.24) is 9.97 Å². The van der Waals surface area contributed by atoms with E-state index in [0.29, 0.717) is 6.54 Å². The van der Waals surface area contributed by atoms with Crippen LogP contribution in [0, 0.1) is 6.92 Å². The molecule has 2 aromatic rings. The lowest BCUT2D eigenvalue weighted by atomic mass is 10.1. The van der Waals surface area contributed by atoms with Crippen molar-refractivity contribution in [2.45, 2.75) is 20.0 Å². The van der Waals surface area contributed by atoms with Crippen molar-refractivity contribution in [3.8, 4) is 0 Å². The van der Waals surface area contributed by atoms with E-state index in [9.17, 15) is 5.11 Å². The highest BCUT2D eigenvalue weighted by Crippen LogP contribution is 2.19. The quantitative estimate of drug-likeness (QED) is 0.753. The fraction of sp³-hybridized carbons (Fsp3) is 0.333. The molecule has 2 rings (SSSR count). The highest BCUT2D eigenvalue weighted by molar-refractivity contribution is 5.56. The van der Waals surface area contributed by atoms with Crippen LogP contribution in [0.2, 0.25) is 0 Å². The molecule has 0 aliphatic heterocycles. The number of aliphatic hydroxyl groups excluding tert-OH is 1. The van der Waals surface area contributed by atoms with E-state index in [-0.39, 0.29) is 0 Å². The van der Waals surface area contributed by atoms with Gasteiger partial charge in [0.15, 0.2) is 0 Å². The van der Waals surface area contributed by atoms with E-state index >= 15 is 0 Å². The van der Waals surface area contributed by atoms with Crippen molar-refractivity contribution in [1.29, 1.82) is 0 Å². The predicted octanol–water partition coefficient (Wildman–Crippen LogP) is 2.36. The fourth-order valence-corrected chi connectivity index (χ4v) is 1.96. The molecule has 0 spiro atoms. The Kier molecular flexibility index (Phi) is 4.90. The third-order valence-electron chi connectivity index (χ3n) is 3.08. The molecular formula is C15H20N4O. The van der Waals surface area contributed by atoms with E-state index in [1.807, 2.05) is 44.2 Å². The van der Waals surface area contributed by atoms with Gasteiger partial charge < -0.3 is 15.7 Å². The minimum atomic E-state index is -0.562. The molecule has 5 heteroatoms. The van der Waals surface area contributed by atoms with Crippen LogP contribution in [0.5, 0.6) is 0 Å². The summed E-state index contributed by atoms with van der Waals surface area (Å²) in [5, 5.41) is 16.5. The van der Waals surface area contributed by atoms with Crippen LogP contribution in [0.3, 0.4) is 0 Å². The third-order valence-corrected chi connectivity index (χ3v) is 3.08. The van der Waals surface area contributed by atoms with Gasteiger partial charge in [-0.15, -0.1) is 0 Å².